The van der Waals surface area contributed by atoms with Crippen LogP contribution in [0, 0.1) is 5.92 Å². The summed E-state index contributed by atoms with van der Waals surface area (Å²) in [5.41, 5.74) is 0.307. The Labute approximate surface area is 102 Å². The van der Waals surface area contributed by atoms with Crippen molar-refractivity contribution in [3.63, 3.8) is 0 Å². The van der Waals surface area contributed by atoms with Crippen molar-refractivity contribution in [2.24, 2.45) is 5.92 Å². The summed E-state index contributed by atoms with van der Waals surface area (Å²) in [5, 5.41) is 3.64. The molecule has 1 aliphatic rings. The van der Waals surface area contributed by atoms with Gasteiger partial charge in [-0.2, -0.15) is 0 Å². The summed E-state index contributed by atoms with van der Waals surface area (Å²) in [6.07, 6.45) is 5.39. The summed E-state index contributed by atoms with van der Waals surface area (Å²) < 4.78 is 0. The zero-order valence-corrected chi connectivity index (χ0v) is 11.7. The quantitative estimate of drug-likeness (QED) is 0.749. The first kappa shape index (κ1) is 14.0. The number of nitrogens with one attached hydrogen (secondary N) is 1. The van der Waals surface area contributed by atoms with Crippen molar-refractivity contribution in [3.05, 3.63) is 0 Å². The van der Waals surface area contributed by atoms with Gasteiger partial charge in [-0.15, -0.1) is 0 Å². The third-order valence-electron chi connectivity index (χ3n) is 4.20. The van der Waals surface area contributed by atoms with Gasteiger partial charge in [0.05, 0.1) is 0 Å². The van der Waals surface area contributed by atoms with E-state index in [9.17, 15) is 0 Å². The minimum atomic E-state index is 0.307. The van der Waals surface area contributed by atoms with Crippen molar-refractivity contribution < 1.29 is 0 Å². The second-order valence-corrected chi connectivity index (χ2v) is 5.86. The van der Waals surface area contributed by atoms with E-state index in [1.54, 1.807) is 0 Å². The lowest BCUT2D eigenvalue weighted by atomic mass is 9.94. The van der Waals surface area contributed by atoms with Crippen LogP contribution >= 0.6 is 0 Å². The first-order chi connectivity index (χ1) is 7.57. The fraction of sp³-hybridized carbons (Fsp3) is 1.00. The molecule has 96 valence electrons. The van der Waals surface area contributed by atoms with E-state index in [-0.39, 0.29) is 0 Å². The summed E-state index contributed by atoms with van der Waals surface area (Å²) in [6, 6.07) is 0. The molecule has 0 amide bonds. The lowest BCUT2D eigenvalue weighted by Gasteiger charge is -2.33. The zero-order valence-electron chi connectivity index (χ0n) is 11.7. The first-order valence-electron chi connectivity index (χ1n) is 7.04. The van der Waals surface area contributed by atoms with Crippen LogP contribution in [-0.4, -0.2) is 36.6 Å². The maximum atomic E-state index is 3.64. The van der Waals surface area contributed by atoms with E-state index in [0.29, 0.717) is 5.54 Å². The largest absolute Gasteiger partial charge is 0.311 e. The molecule has 0 atom stereocenters. The highest BCUT2D eigenvalue weighted by Gasteiger charge is 2.18. The van der Waals surface area contributed by atoms with Gasteiger partial charge in [-0.25, -0.2) is 0 Å². The van der Waals surface area contributed by atoms with E-state index in [1.807, 2.05) is 0 Å². The van der Waals surface area contributed by atoms with Crippen molar-refractivity contribution in [2.75, 3.05) is 26.2 Å². The van der Waals surface area contributed by atoms with Crippen molar-refractivity contribution in [3.8, 4) is 0 Å². The fourth-order valence-electron chi connectivity index (χ4n) is 2.30. The summed E-state index contributed by atoms with van der Waals surface area (Å²) in [5.74, 6) is 0.997. The number of piperidine rings is 1. The Morgan fingerprint density at radius 1 is 1.19 bits per heavy atom. The van der Waals surface area contributed by atoms with Crippen LogP contribution in [0.15, 0.2) is 0 Å². The van der Waals surface area contributed by atoms with Crippen LogP contribution in [0.2, 0.25) is 0 Å². The van der Waals surface area contributed by atoms with Gasteiger partial charge in [-0.05, 0) is 52.1 Å². The molecule has 2 heteroatoms. The second kappa shape index (κ2) is 6.61. The van der Waals surface area contributed by atoms with Gasteiger partial charge in [0.25, 0.3) is 0 Å². The Morgan fingerprint density at radius 3 is 2.31 bits per heavy atom. The van der Waals surface area contributed by atoms with Gasteiger partial charge in [0.1, 0.15) is 0 Å². The maximum Gasteiger partial charge on any atom is 0.0123 e. The van der Waals surface area contributed by atoms with Gasteiger partial charge in [0.15, 0.2) is 0 Å². The highest BCUT2D eigenvalue weighted by atomic mass is 15.1. The molecule has 0 aromatic heterocycles. The van der Waals surface area contributed by atoms with Crippen LogP contribution < -0.4 is 5.32 Å². The Bertz CT molecular complexity index is 181. The van der Waals surface area contributed by atoms with Crippen molar-refractivity contribution in [1.29, 1.82) is 0 Å². The highest BCUT2D eigenvalue weighted by Crippen LogP contribution is 2.19. The number of hydrogen-bond donors (Lipinski definition) is 1. The number of hydrogen-bond acceptors (Lipinski definition) is 2. The minimum absolute atomic E-state index is 0.307. The number of likely N-dealkylation sites (tertiary alicyclic amines) is 1. The summed E-state index contributed by atoms with van der Waals surface area (Å²) in [7, 11) is 0. The first-order valence-corrected chi connectivity index (χ1v) is 7.04. The van der Waals surface area contributed by atoms with E-state index in [4.69, 9.17) is 0 Å². The smallest absolute Gasteiger partial charge is 0.0123 e. The third-order valence-corrected chi connectivity index (χ3v) is 4.20. The number of rotatable bonds is 6. The SMILES string of the molecule is CCC1CCN(CCNC(C)(C)CC)CC1. The predicted octanol–water partition coefficient (Wildman–Crippen LogP) is 2.89. The Balaban J connectivity index is 2.11. The fourth-order valence-corrected chi connectivity index (χ4v) is 2.30. The molecule has 0 unspecified atom stereocenters. The topological polar surface area (TPSA) is 15.3 Å². The summed E-state index contributed by atoms with van der Waals surface area (Å²) in [4.78, 5) is 2.62. The second-order valence-electron chi connectivity index (χ2n) is 5.86. The van der Waals surface area contributed by atoms with Gasteiger partial charge in [0.2, 0.25) is 0 Å². The molecule has 1 rings (SSSR count). The summed E-state index contributed by atoms with van der Waals surface area (Å²) >= 11 is 0. The van der Waals surface area contributed by atoms with E-state index < -0.39 is 0 Å². The van der Waals surface area contributed by atoms with Gasteiger partial charge in [-0.3, -0.25) is 0 Å². The minimum Gasteiger partial charge on any atom is -0.311 e. The molecule has 0 saturated carbocycles. The lowest BCUT2D eigenvalue weighted by molar-refractivity contribution is 0.177. The van der Waals surface area contributed by atoms with Gasteiger partial charge in [-0.1, -0.05) is 20.3 Å². The monoisotopic (exact) mass is 226 g/mol. The molecule has 0 bridgehead atoms. The van der Waals surface area contributed by atoms with Crippen molar-refractivity contribution in [1.82, 2.24) is 10.2 Å². The van der Waals surface area contributed by atoms with E-state index in [2.05, 4.69) is 37.9 Å². The zero-order chi connectivity index (χ0) is 12.0. The highest BCUT2D eigenvalue weighted by molar-refractivity contribution is 4.77. The van der Waals surface area contributed by atoms with Crippen LogP contribution in [0.25, 0.3) is 0 Å². The number of nitrogens with zero attached hydrogens (tertiary/aromatic N) is 1. The average molecular weight is 226 g/mol. The molecule has 0 radical (unpaired) electrons. The van der Waals surface area contributed by atoms with Crippen LogP contribution in [0.3, 0.4) is 0 Å². The van der Waals surface area contributed by atoms with Gasteiger partial charge < -0.3 is 10.2 Å². The molecule has 0 aromatic rings. The van der Waals surface area contributed by atoms with Crippen LogP contribution in [0.5, 0.6) is 0 Å². The third kappa shape index (κ3) is 4.84. The van der Waals surface area contributed by atoms with Crippen molar-refractivity contribution in [2.45, 2.75) is 58.9 Å². The summed E-state index contributed by atoms with van der Waals surface area (Å²) in [6.45, 7) is 14.1. The lowest BCUT2D eigenvalue weighted by Crippen LogP contribution is -2.44. The molecular weight excluding hydrogens is 196 g/mol. The normalized spacial score (nSPS) is 20.2. The molecule has 2 nitrogen and oxygen atoms in total. The Hall–Kier alpha value is -0.0800. The predicted molar refractivity (Wildman–Crippen MR) is 71.8 cm³/mol. The Kier molecular flexibility index (Phi) is 5.77. The molecule has 0 spiro atoms. The Morgan fingerprint density at radius 2 is 1.81 bits per heavy atom. The molecule has 16 heavy (non-hydrogen) atoms. The van der Waals surface area contributed by atoms with Crippen LogP contribution in [0.1, 0.15) is 53.4 Å². The molecule has 0 aliphatic carbocycles. The van der Waals surface area contributed by atoms with E-state index in [0.717, 1.165) is 12.5 Å². The van der Waals surface area contributed by atoms with Crippen LogP contribution in [0.4, 0.5) is 0 Å². The average Bonchev–Trinajstić information content (AvgIpc) is 2.30. The van der Waals surface area contributed by atoms with E-state index >= 15 is 0 Å². The van der Waals surface area contributed by atoms with E-state index in [1.165, 1.54) is 45.3 Å². The van der Waals surface area contributed by atoms with Crippen molar-refractivity contribution >= 4 is 0 Å². The molecule has 1 heterocycles. The molecule has 1 aliphatic heterocycles. The molecule has 1 fully saturated rings. The van der Waals surface area contributed by atoms with Gasteiger partial charge in [0, 0.05) is 18.6 Å². The molecular formula is C14H30N2. The standard InChI is InChI=1S/C14H30N2/c1-5-13-7-10-16(11-8-13)12-9-15-14(3,4)6-2/h13,15H,5-12H2,1-4H3. The van der Waals surface area contributed by atoms with Gasteiger partial charge >= 0.3 is 0 Å². The maximum absolute atomic E-state index is 3.64. The van der Waals surface area contributed by atoms with Crippen LogP contribution in [-0.2, 0) is 0 Å². The molecule has 0 aromatic carbocycles. The molecule has 1 saturated heterocycles. The molecule has 1 N–H and O–H groups in total.